The minimum atomic E-state index is 0.487. The Morgan fingerprint density at radius 3 is 2.79 bits per heavy atom. The molecule has 0 atom stereocenters. The maximum absolute atomic E-state index is 4.21. The van der Waals surface area contributed by atoms with Crippen molar-refractivity contribution in [3.05, 3.63) is 12.2 Å². The van der Waals surface area contributed by atoms with Crippen molar-refractivity contribution in [2.45, 2.75) is 52.0 Å². The van der Waals surface area contributed by atoms with Crippen molar-refractivity contribution < 1.29 is 0 Å². The first-order valence-corrected chi connectivity index (χ1v) is 5.65. The molecule has 0 spiro atoms. The van der Waals surface area contributed by atoms with Gasteiger partial charge in [-0.1, -0.05) is 25.7 Å². The van der Waals surface area contributed by atoms with Crippen molar-refractivity contribution in [2.24, 2.45) is 5.92 Å². The third kappa shape index (κ3) is 1.97. The first kappa shape index (κ1) is 9.69. The molecule has 0 aliphatic heterocycles. The molecule has 0 unspecified atom stereocenters. The zero-order chi connectivity index (χ0) is 9.97. The zero-order valence-electron chi connectivity index (χ0n) is 9.11. The number of aromatic nitrogens is 3. The second-order valence-corrected chi connectivity index (χ2v) is 4.60. The van der Waals surface area contributed by atoms with E-state index in [4.69, 9.17) is 0 Å². The maximum Gasteiger partial charge on any atom is 0.133 e. The molecule has 1 aromatic rings. The van der Waals surface area contributed by atoms with E-state index in [-0.39, 0.29) is 0 Å². The Balaban J connectivity index is 2.04. The van der Waals surface area contributed by atoms with Crippen LogP contribution in [0.15, 0.2) is 6.33 Å². The molecule has 0 saturated heterocycles. The number of hydrogen-bond donors (Lipinski definition) is 0. The molecule has 1 saturated carbocycles. The van der Waals surface area contributed by atoms with Crippen molar-refractivity contribution >= 4 is 0 Å². The van der Waals surface area contributed by atoms with Gasteiger partial charge in [0.25, 0.3) is 0 Å². The summed E-state index contributed by atoms with van der Waals surface area (Å²) in [4.78, 5) is 0. The molecule has 0 aromatic carbocycles. The monoisotopic (exact) mass is 193 g/mol. The molecule has 1 heterocycles. The van der Waals surface area contributed by atoms with Gasteiger partial charge in [0, 0.05) is 12.5 Å². The van der Waals surface area contributed by atoms with Gasteiger partial charge in [0.2, 0.25) is 0 Å². The van der Waals surface area contributed by atoms with Crippen molar-refractivity contribution in [1.29, 1.82) is 0 Å². The van der Waals surface area contributed by atoms with E-state index in [1.54, 1.807) is 0 Å². The zero-order valence-corrected chi connectivity index (χ0v) is 9.11. The fraction of sp³-hybridized carbons (Fsp3) is 0.818. The highest BCUT2D eigenvalue weighted by Crippen LogP contribution is 2.27. The predicted octanol–water partition coefficient (Wildman–Crippen LogP) is 2.59. The van der Waals surface area contributed by atoms with E-state index in [1.165, 1.54) is 31.5 Å². The van der Waals surface area contributed by atoms with Crippen LogP contribution >= 0.6 is 0 Å². The van der Waals surface area contributed by atoms with E-state index in [0.29, 0.717) is 6.04 Å². The molecule has 0 N–H and O–H groups in total. The molecule has 0 bridgehead atoms. The van der Waals surface area contributed by atoms with Crippen LogP contribution in [0.25, 0.3) is 0 Å². The van der Waals surface area contributed by atoms with E-state index in [0.717, 1.165) is 12.3 Å². The van der Waals surface area contributed by atoms with Crippen molar-refractivity contribution in [3.8, 4) is 0 Å². The standard InChI is InChI=1S/C11H19N3/c1-9(2)14-8-12-13-11(14)7-10-5-3-4-6-10/h8-10H,3-7H2,1-2H3. The molecule has 78 valence electrons. The SMILES string of the molecule is CC(C)n1cnnc1CC1CCCC1. The Labute approximate surface area is 85.5 Å². The van der Waals surface area contributed by atoms with Gasteiger partial charge >= 0.3 is 0 Å². The van der Waals surface area contributed by atoms with Crippen LogP contribution in [0.5, 0.6) is 0 Å². The summed E-state index contributed by atoms with van der Waals surface area (Å²) in [5.41, 5.74) is 0. The van der Waals surface area contributed by atoms with Crippen LogP contribution in [-0.2, 0) is 6.42 Å². The molecule has 1 aromatic heterocycles. The third-order valence-electron chi connectivity index (χ3n) is 3.15. The summed E-state index contributed by atoms with van der Waals surface area (Å²) < 4.78 is 2.19. The second-order valence-electron chi connectivity index (χ2n) is 4.60. The quantitative estimate of drug-likeness (QED) is 0.738. The van der Waals surface area contributed by atoms with Gasteiger partial charge in [0.1, 0.15) is 12.2 Å². The lowest BCUT2D eigenvalue weighted by atomic mass is 10.0. The lowest BCUT2D eigenvalue weighted by Gasteiger charge is -2.12. The lowest BCUT2D eigenvalue weighted by Crippen LogP contribution is -2.09. The van der Waals surface area contributed by atoms with Gasteiger partial charge in [-0.05, 0) is 19.8 Å². The summed E-state index contributed by atoms with van der Waals surface area (Å²) >= 11 is 0. The van der Waals surface area contributed by atoms with Crippen LogP contribution in [0.1, 0.15) is 51.4 Å². The highest BCUT2D eigenvalue weighted by Gasteiger charge is 2.18. The Morgan fingerprint density at radius 1 is 1.43 bits per heavy atom. The third-order valence-corrected chi connectivity index (χ3v) is 3.15. The second kappa shape index (κ2) is 4.11. The molecule has 3 heteroatoms. The summed E-state index contributed by atoms with van der Waals surface area (Å²) in [6, 6.07) is 0.487. The highest BCUT2D eigenvalue weighted by molar-refractivity contribution is 4.91. The lowest BCUT2D eigenvalue weighted by molar-refractivity contribution is 0.489. The molecule has 1 aliphatic rings. The number of hydrogen-bond acceptors (Lipinski definition) is 2. The fourth-order valence-electron chi connectivity index (χ4n) is 2.32. The van der Waals surface area contributed by atoms with E-state index in [1.807, 2.05) is 6.33 Å². The molecule has 2 rings (SSSR count). The van der Waals surface area contributed by atoms with Gasteiger partial charge in [-0.2, -0.15) is 0 Å². The molecule has 1 fully saturated rings. The Kier molecular flexibility index (Phi) is 2.85. The molecular weight excluding hydrogens is 174 g/mol. The number of rotatable bonds is 3. The topological polar surface area (TPSA) is 30.7 Å². The normalized spacial score (nSPS) is 18.2. The van der Waals surface area contributed by atoms with Crippen LogP contribution in [0.4, 0.5) is 0 Å². The largest absolute Gasteiger partial charge is 0.315 e. The average molecular weight is 193 g/mol. The van der Waals surface area contributed by atoms with Gasteiger partial charge in [0.15, 0.2) is 0 Å². The summed E-state index contributed by atoms with van der Waals surface area (Å²) in [7, 11) is 0. The summed E-state index contributed by atoms with van der Waals surface area (Å²) in [5.74, 6) is 2.03. The van der Waals surface area contributed by atoms with Crippen molar-refractivity contribution in [3.63, 3.8) is 0 Å². The van der Waals surface area contributed by atoms with Crippen LogP contribution in [0, 0.1) is 5.92 Å². The fourth-order valence-corrected chi connectivity index (χ4v) is 2.32. The first-order valence-electron chi connectivity index (χ1n) is 5.65. The van der Waals surface area contributed by atoms with Crippen LogP contribution in [0.3, 0.4) is 0 Å². The first-order chi connectivity index (χ1) is 6.77. The Bertz CT molecular complexity index is 284. The number of nitrogens with zero attached hydrogens (tertiary/aromatic N) is 3. The molecule has 0 radical (unpaired) electrons. The van der Waals surface area contributed by atoms with E-state index < -0.39 is 0 Å². The van der Waals surface area contributed by atoms with Gasteiger partial charge in [0.05, 0.1) is 0 Å². The van der Waals surface area contributed by atoms with Gasteiger partial charge in [-0.25, -0.2) is 0 Å². The summed E-state index contributed by atoms with van der Waals surface area (Å²) in [6.45, 7) is 4.36. The van der Waals surface area contributed by atoms with Crippen LogP contribution < -0.4 is 0 Å². The average Bonchev–Trinajstić information content (AvgIpc) is 2.75. The maximum atomic E-state index is 4.21. The smallest absolute Gasteiger partial charge is 0.133 e. The van der Waals surface area contributed by atoms with Crippen LogP contribution in [-0.4, -0.2) is 14.8 Å². The molecule has 14 heavy (non-hydrogen) atoms. The van der Waals surface area contributed by atoms with E-state index in [9.17, 15) is 0 Å². The van der Waals surface area contributed by atoms with Gasteiger partial charge in [-0.3, -0.25) is 0 Å². The minimum absolute atomic E-state index is 0.487. The summed E-state index contributed by atoms with van der Waals surface area (Å²) in [5, 5.41) is 8.21. The Hall–Kier alpha value is -0.860. The van der Waals surface area contributed by atoms with E-state index in [2.05, 4.69) is 28.6 Å². The minimum Gasteiger partial charge on any atom is -0.315 e. The van der Waals surface area contributed by atoms with Crippen molar-refractivity contribution in [2.75, 3.05) is 0 Å². The molecule has 1 aliphatic carbocycles. The molecular formula is C11H19N3. The van der Waals surface area contributed by atoms with E-state index >= 15 is 0 Å². The van der Waals surface area contributed by atoms with Gasteiger partial charge < -0.3 is 4.57 Å². The van der Waals surface area contributed by atoms with Gasteiger partial charge in [-0.15, -0.1) is 10.2 Å². The van der Waals surface area contributed by atoms with Crippen LogP contribution in [0.2, 0.25) is 0 Å². The summed E-state index contributed by atoms with van der Waals surface area (Å²) in [6.07, 6.45) is 8.55. The highest BCUT2D eigenvalue weighted by atomic mass is 15.3. The van der Waals surface area contributed by atoms with Crippen molar-refractivity contribution in [1.82, 2.24) is 14.8 Å². The molecule has 3 nitrogen and oxygen atoms in total. The predicted molar refractivity (Wildman–Crippen MR) is 56.1 cm³/mol. The molecule has 0 amide bonds. The Morgan fingerprint density at radius 2 is 2.14 bits per heavy atom.